The summed E-state index contributed by atoms with van der Waals surface area (Å²) in [5, 5.41) is 29.1. The van der Waals surface area contributed by atoms with E-state index in [9.17, 15) is 15.3 Å². The van der Waals surface area contributed by atoms with Crippen LogP contribution >= 0.6 is 0 Å². The van der Waals surface area contributed by atoms with E-state index in [1.807, 2.05) is 0 Å². The summed E-state index contributed by atoms with van der Waals surface area (Å²) in [6.07, 6.45) is -1.76. The highest BCUT2D eigenvalue weighted by molar-refractivity contribution is 4.95. The molecule has 3 atom stereocenters. The molecule has 0 aromatic carbocycles. The van der Waals surface area contributed by atoms with Gasteiger partial charge in [0.15, 0.2) is 0 Å². The van der Waals surface area contributed by atoms with E-state index in [-0.39, 0.29) is 19.8 Å². The number of nitrogens with two attached hydrogens (primary N) is 1. The van der Waals surface area contributed by atoms with Crippen molar-refractivity contribution in [2.45, 2.75) is 24.2 Å². The summed E-state index contributed by atoms with van der Waals surface area (Å²) in [6, 6.07) is 0. The molecule has 0 aliphatic carbocycles. The van der Waals surface area contributed by atoms with Crippen molar-refractivity contribution in [2.75, 3.05) is 72.6 Å². The van der Waals surface area contributed by atoms with Crippen LogP contribution in [0.1, 0.15) is 6.42 Å². The standard InChI is InChI=1S/C15H31NO8/c16-2-4-20-5-6-21-7-8-22-9-10-23-12-15(11-17)14(19)13(18)1-3-24-15/h13-14,17-19H,1-12,16H2/t13-,14-,15-/m1/s1. The molecule has 9 heteroatoms. The van der Waals surface area contributed by atoms with Gasteiger partial charge >= 0.3 is 0 Å². The topological polar surface area (TPSA) is 133 Å². The van der Waals surface area contributed by atoms with Gasteiger partial charge in [0, 0.05) is 6.54 Å². The van der Waals surface area contributed by atoms with E-state index in [2.05, 4.69) is 0 Å². The maximum atomic E-state index is 9.99. The number of hydrogen-bond acceptors (Lipinski definition) is 9. The highest BCUT2D eigenvalue weighted by Gasteiger charge is 2.45. The van der Waals surface area contributed by atoms with Gasteiger partial charge in [-0.25, -0.2) is 0 Å². The molecule has 144 valence electrons. The molecule has 5 N–H and O–H groups in total. The van der Waals surface area contributed by atoms with Crippen LogP contribution in [-0.2, 0) is 23.7 Å². The summed E-state index contributed by atoms with van der Waals surface area (Å²) >= 11 is 0. The van der Waals surface area contributed by atoms with E-state index in [1.54, 1.807) is 0 Å². The van der Waals surface area contributed by atoms with Crippen LogP contribution in [0.4, 0.5) is 0 Å². The fourth-order valence-corrected chi connectivity index (χ4v) is 2.28. The first-order valence-electron chi connectivity index (χ1n) is 8.28. The Morgan fingerprint density at radius 1 is 0.917 bits per heavy atom. The summed E-state index contributed by atoms with van der Waals surface area (Å²) in [4.78, 5) is 0. The highest BCUT2D eigenvalue weighted by Crippen LogP contribution is 2.26. The molecular formula is C15H31NO8. The number of aliphatic hydroxyl groups is 3. The number of rotatable bonds is 14. The maximum absolute atomic E-state index is 9.99. The zero-order valence-electron chi connectivity index (χ0n) is 14.1. The molecule has 0 spiro atoms. The Hall–Kier alpha value is -0.360. The van der Waals surface area contributed by atoms with E-state index in [0.29, 0.717) is 52.6 Å². The first-order valence-corrected chi connectivity index (χ1v) is 8.28. The highest BCUT2D eigenvalue weighted by atomic mass is 16.6. The minimum absolute atomic E-state index is 0.0138. The number of hydrogen-bond donors (Lipinski definition) is 4. The van der Waals surface area contributed by atoms with Crippen molar-refractivity contribution in [3.8, 4) is 0 Å². The van der Waals surface area contributed by atoms with Crippen LogP contribution < -0.4 is 5.73 Å². The molecule has 9 nitrogen and oxygen atoms in total. The van der Waals surface area contributed by atoms with Crippen molar-refractivity contribution < 1.29 is 39.0 Å². The van der Waals surface area contributed by atoms with E-state index in [0.717, 1.165) is 0 Å². The van der Waals surface area contributed by atoms with Gasteiger partial charge in [-0.2, -0.15) is 0 Å². The molecule has 0 aromatic rings. The lowest BCUT2D eigenvalue weighted by Crippen LogP contribution is -2.60. The van der Waals surface area contributed by atoms with Gasteiger partial charge in [0.1, 0.15) is 11.7 Å². The van der Waals surface area contributed by atoms with Crippen LogP contribution in [0.25, 0.3) is 0 Å². The normalized spacial score (nSPS) is 27.5. The van der Waals surface area contributed by atoms with Crippen LogP contribution in [0.3, 0.4) is 0 Å². The second-order valence-electron chi connectivity index (χ2n) is 5.55. The van der Waals surface area contributed by atoms with Crippen LogP contribution in [0, 0.1) is 0 Å². The lowest BCUT2D eigenvalue weighted by atomic mass is 9.90. The lowest BCUT2D eigenvalue weighted by Gasteiger charge is -2.42. The summed E-state index contributed by atoms with van der Waals surface area (Å²) in [7, 11) is 0. The molecule has 1 aliphatic heterocycles. The van der Waals surface area contributed by atoms with E-state index < -0.39 is 24.4 Å². The fraction of sp³-hybridized carbons (Fsp3) is 1.00. The zero-order chi connectivity index (χ0) is 17.7. The number of ether oxygens (including phenoxy) is 5. The van der Waals surface area contributed by atoms with Crippen LogP contribution in [0.5, 0.6) is 0 Å². The van der Waals surface area contributed by atoms with Crippen molar-refractivity contribution in [3.05, 3.63) is 0 Å². The summed E-state index contributed by atoms with van der Waals surface area (Å²) in [6.45, 7) is 3.40. The quantitative estimate of drug-likeness (QED) is 0.259. The molecule has 0 radical (unpaired) electrons. The van der Waals surface area contributed by atoms with Crippen molar-refractivity contribution in [1.29, 1.82) is 0 Å². The van der Waals surface area contributed by atoms with Crippen LogP contribution in [-0.4, -0.2) is 106 Å². The first kappa shape index (κ1) is 21.7. The van der Waals surface area contributed by atoms with E-state index in [1.165, 1.54) is 0 Å². The molecule has 0 unspecified atom stereocenters. The average molecular weight is 353 g/mol. The monoisotopic (exact) mass is 353 g/mol. The van der Waals surface area contributed by atoms with E-state index in [4.69, 9.17) is 29.4 Å². The fourth-order valence-electron chi connectivity index (χ4n) is 2.28. The van der Waals surface area contributed by atoms with Crippen molar-refractivity contribution in [2.24, 2.45) is 5.73 Å². The van der Waals surface area contributed by atoms with Crippen molar-refractivity contribution in [3.63, 3.8) is 0 Å². The Labute approximate surface area is 142 Å². The Kier molecular flexibility index (Phi) is 11.7. The largest absolute Gasteiger partial charge is 0.393 e. The SMILES string of the molecule is NCCOCCOCCOCCOC[C@@]1(CO)OCC[C@@H](O)[C@H]1O. The number of aliphatic hydroxyl groups excluding tert-OH is 3. The Balaban J connectivity index is 1.99. The second kappa shape index (κ2) is 12.9. The molecule has 1 aliphatic rings. The van der Waals surface area contributed by atoms with Gasteiger partial charge in [-0.1, -0.05) is 0 Å². The third-order valence-electron chi connectivity index (χ3n) is 3.70. The molecule has 0 saturated carbocycles. The van der Waals surface area contributed by atoms with Crippen molar-refractivity contribution >= 4 is 0 Å². The first-order chi connectivity index (χ1) is 11.7. The molecule has 0 bridgehead atoms. The molecule has 1 rings (SSSR count). The Morgan fingerprint density at radius 2 is 1.46 bits per heavy atom. The van der Waals surface area contributed by atoms with Crippen LogP contribution in [0.15, 0.2) is 0 Å². The third kappa shape index (κ3) is 7.68. The molecule has 24 heavy (non-hydrogen) atoms. The van der Waals surface area contributed by atoms with Gasteiger partial charge in [0.2, 0.25) is 0 Å². The van der Waals surface area contributed by atoms with Gasteiger partial charge in [-0.05, 0) is 6.42 Å². The zero-order valence-corrected chi connectivity index (χ0v) is 14.1. The average Bonchev–Trinajstić information content (AvgIpc) is 2.59. The lowest BCUT2D eigenvalue weighted by molar-refractivity contribution is -0.232. The molecule has 0 aromatic heterocycles. The van der Waals surface area contributed by atoms with Crippen molar-refractivity contribution in [1.82, 2.24) is 0 Å². The Morgan fingerprint density at radius 3 is 2.00 bits per heavy atom. The van der Waals surface area contributed by atoms with Gasteiger partial charge in [-0.15, -0.1) is 0 Å². The van der Waals surface area contributed by atoms with E-state index >= 15 is 0 Å². The van der Waals surface area contributed by atoms with Gasteiger partial charge in [-0.3, -0.25) is 0 Å². The minimum Gasteiger partial charge on any atom is -0.393 e. The summed E-state index contributed by atoms with van der Waals surface area (Å²) in [5.41, 5.74) is 4.01. The predicted octanol–water partition coefficient (Wildman–Crippen LogP) is -2.12. The maximum Gasteiger partial charge on any atom is 0.142 e. The summed E-state index contributed by atoms with van der Waals surface area (Å²) < 4.78 is 26.6. The molecular weight excluding hydrogens is 322 g/mol. The molecule has 1 fully saturated rings. The van der Waals surface area contributed by atoms with Crippen LogP contribution in [0.2, 0.25) is 0 Å². The van der Waals surface area contributed by atoms with Gasteiger partial charge in [0.05, 0.1) is 72.2 Å². The second-order valence-corrected chi connectivity index (χ2v) is 5.55. The minimum atomic E-state index is -1.27. The molecule has 1 saturated heterocycles. The van der Waals surface area contributed by atoms with Gasteiger partial charge < -0.3 is 44.7 Å². The third-order valence-corrected chi connectivity index (χ3v) is 3.70. The molecule has 0 amide bonds. The van der Waals surface area contributed by atoms with Gasteiger partial charge in [0.25, 0.3) is 0 Å². The Bertz CT molecular complexity index is 309. The molecule has 1 heterocycles. The summed E-state index contributed by atoms with van der Waals surface area (Å²) in [5.74, 6) is 0. The smallest absolute Gasteiger partial charge is 0.142 e. The predicted molar refractivity (Wildman–Crippen MR) is 84.7 cm³/mol.